The van der Waals surface area contributed by atoms with E-state index in [4.69, 9.17) is 9.47 Å². The minimum absolute atomic E-state index is 0.119. The molecule has 3 atom stereocenters. The number of anilines is 1. The van der Waals surface area contributed by atoms with Gasteiger partial charge >= 0.3 is 0 Å². The van der Waals surface area contributed by atoms with Crippen LogP contribution in [0.5, 0.6) is 0 Å². The highest BCUT2D eigenvalue weighted by Gasteiger charge is 2.51. The first-order valence-corrected chi connectivity index (χ1v) is 13.1. The van der Waals surface area contributed by atoms with Gasteiger partial charge < -0.3 is 14.4 Å². The average Bonchev–Trinajstić information content (AvgIpc) is 3.63. The monoisotopic (exact) mass is 482 g/mol. The van der Waals surface area contributed by atoms with Crippen molar-refractivity contribution < 1.29 is 13.9 Å². The van der Waals surface area contributed by atoms with Gasteiger partial charge in [0.25, 0.3) is 0 Å². The van der Waals surface area contributed by atoms with Crippen LogP contribution in [0.1, 0.15) is 45.6 Å². The lowest BCUT2D eigenvalue weighted by Crippen LogP contribution is -2.65. The molecule has 0 aliphatic carbocycles. The summed E-state index contributed by atoms with van der Waals surface area (Å²) in [7, 11) is 0. The second-order valence-electron chi connectivity index (χ2n) is 10.9. The van der Waals surface area contributed by atoms with Crippen LogP contribution in [0.3, 0.4) is 0 Å². The molecule has 0 N–H and O–H groups in total. The van der Waals surface area contributed by atoms with Gasteiger partial charge in [-0.15, -0.1) is 0 Å². The molecule has 0 spiro atoms. The summed E-state index contributed by atoms with van der Waals surface area (Å²) in [5.41, 5.74) is 0.994. The summed E-state index contributed by atoms with van der Waals surface area (Å²) in [5, 5.41) is 0. The van der Waals surface area contributed by atoms with Gasteiger partial charge in [0.15, 0.2) is 17.9 Å². The standard InChI is InChI=1S/C28H39FN4O2/c1-4-24-26(35-24)33(25-23(29)11-8-13-30-25)21-28(12-18-34-27(2,3)20-28)32-16-14-31(15-17-32)19-22-9-6-5-7-10-22/h5-11,13,24,26H,4,12,14-21H2,1-3H3. The van der Waals surface area contributed by atoms with E-state index < -0.39 is 0 Å². The number of piperazine rings is 1. The number of halogens is 1. The van der Waals surface area contributed by atoms with Crippen molar-refractivity contribution in [3.8, 4) is 0 Å². The Bertz CT molecular complexity index is 982. The Balaban J connectivity index is 1.37. The largest absolute Gasteiger partial charge is 0.375 e. The number of epoxide rings is 1. The third kappa shape index (κ3) is 5.53. The van der Waals surface area contributed by atoms with Gasteiger partial charge in [-0.3, -0.25) is 9.80 Å². The maximum absolute atomic E-state index is 15.0. The zero-order chi connectivity index (χ0) is 24.5. The van der Waals surface area contributed by atoms with E-state index in [-0.39, 0.29) is 29.3 Å². The molecule has 3 unspecified atom stereocenters. The fourth-order valence-corrected chi connectivity index (χ4v) is 6.07. The van der Waals surface area contributed by atoms with E-state index in [9.17, 15) is 4.39 Å². The van der Waals surface area contributed by atoms with Crippen LogP contribution < -0.4 is 4.90 Å². The van der Waals surface area contributed by atoms with Crippen molar-refractivity contribution in [3.63, 3.8) is 0 Å². The predicted molar refractivity (Wildman–Crippen MR) is 136 cm³/mol. The first kappa shape index (κ1) is 24.6. The number of nitrogens with zero attached hydrogens (tertiary/aromatic N) is 4. The molecule has 2 aromatic rings. The van der Waals surface area contributed by atoms with Crippen LogP contribution in [-0.2, 0) is 16.0 Å². The van der Waals surface area contributed by atoms with Crippen LogP contribution in [0, 0.1) is 5.82 Å². The molecule has 3 aliphatic rings. The zero-order valence-corrected chi connectivity index (χ0v) is 21.3. The van der Waals surface area contributed by atoms with Gasteiger partial charge in [-0.2, -0.15) is 0 Å². The van der Waals surface area contributed by atoms with Crippen LogP contribution in [-0.4, -0.2) is 77.6 Å². The van der Waals surface area contributed by atoms with E-state index >= 15 is 0 Å². The van der Waals surface area contributed by atoms with Crippen LogP contribution >= 0.6 is 0 Å². The molecule has 1 aromatic carbocycles. The van der Waals surface area contributed by atoms with Crippen LogP contribution in [0.4, 0.5) is 10.2 Å². The van der Waals surface area contributed by atoms with Crippen molar-refractivity contribution in [2.24, 2.45) is 0 Å². The molecule has 190 valence electrons. The van der Waals surface area contributed by atoms with Gasteiger partial charge in [-0.05, 0) is 50.8 Å². The van der Waals surface area contributed by atoms with Gasteiger partial charge in [0.2, 0.25) is 0 Å². The van der Waals surface area contributed by atoms with Crippen molar-refractivity contribution in [1.82, 2.24) is 14.8 Å². The van der Waals surface area contributed by atoms with Crippen molar-refractivity contribution in [1.29, 1.82) is 0 Å². The highest BCUT2D eigenvalue weighted by Crippen LogP contribution is 2.41. The maximum atomic E-state index is 15.0. The fraction of sp³-hybridized carbons (Fsp3) is 0.607. The van der Waals surface area contributed by atoms with Crippen LogP contribution in [0.25, 0.3) is 0 Å². The zero-order valence-electron chi connectivity index (χ0n) is 21.3. The molecule has 3 saturated heterocycles. The van der Waals surface area contributed by atoms with E-state index in [1.54, 1.807) is 12.3 Å². The summed E-state index contributed by atoms with van der Waals surface area (Å²) in [6.07, 6.45) is 4.42. The second kappa shape index (κ2) is 10.1. The summed E-state index contributed by atoms with van der Waals surface area (Å²) in [6, 6.07) is 13.9. The van der Waals surface area contributed by atoms with Crippen molar-refractivity contribution in [2.45, 2.75) is 70.1 Å². The molecule has 1 aromatic heterocycles. The SMILES string of the molecule is CCC1OC1N(CC1(N2CCN(Cc3ccccc3)CC2)CCOC(C)(C)C1)c1ncccc1F. The maximum Gasteiger partial charge on any atom is 0.167 e. The summed E-state index contributed by atoms with van der Waals surface area (Å²) in [6.45, 7) is 12.9. The highest BCUT2D eigenvalue weighted by atomic mass is 19.1. The van der Waals surface area contributed by atoms with Gasteiger partial charge in [0.1, 0.15) is 6.10 Å². The molecule has 7 heteroatoms. The number of benzene rings is 1. The molecular formula is C28H39FN4O2. The van der Waals surface area contributed by atoms with Crippen LogP contribution in [0.15, 0.2) is 48.7 Å². The Morgan fingerprint density at radius 2 is 1.86 bits per heavy atom. The average molecular weight is 483 g/mol. The topological polar surface area (TPSA) is 44.4 Å². The van der Waals surface area contributed by atoms with Gasteiger partial charge in [0, 0.05) is 57.6 Å². The normalized spacial score (nSPS) is 29.1. The first-order valence-electron chi connectivity index (χ1n) is 13.1. The highest BCUT2D eigenvalue weighted by molar-refractivity contribution is 5.43. The molecule has 6 nitrogen and oxygen atoms in total. The number of ether oxygens (including phenoxy) is 2. The smallest absolute Gasteiger partial charge is 0.167 e. The number of hydrogen-bond donors (Lipinski definition) is 0. The minimum Gasteiger partial charge on any atom is -0.375 e. The van der Waals surface area contributed by atoms with E-state index in [0.717, 1.165) is 52.0 Å². The number of hydrogen-bond acceptors (Lipinski definition) is 6. The van der Waals surface area contributed by atoms with E-state index in [2.05, 4.69) is 70.8 Å². The Morgan fingerprint density at radius 1 is 1.09 bits per heavy atom. The Labute approximate surface area is 209 Å². The molecule has 0 amide bonds. The number of pyridine rings is 1. The molecule has 4 heterocycles. The lowest BCUT2D eigenvalue weighted by atomic mass is 9.78. The van der Waals surface area contributed by atoms with Crippen LogP contribution in [0.2, 0.25) is 0 Å². The summed E-state index contributed by atoms with van der Waals surface area (Å²) in [5.74, 6) is 0.117. The van der Waals surface area contributed by atoms with Crippen molar-refractivity contribution >= 4 is 5.82 Å². The molecule has 0 radical (unpaired) electrons. The predicted octanol–water partition coefficient (Wildman–Crippen LogP) is 4.31. The van der Waals surface area contributed by atoms with E-state index in [0.29, 0.717) is 19.0 Å². The van der Waals surface area contributed by atoms with Crippen molar-refractivity contribution in [3.05, 3.63) is 60.0 Å². The molecule has 3 aliphatic heterocycles. The van der Waals surface area contributed by atoms with E-state index in [1.807, 2.05) is 0 Å². The fourth-order valence-electron chi connectivity index (χ4n) is 6.07. The van der Waals surface area contributed by atoms with E-state index in [1.165, 1.54) is 11.6 Å². The third-order valence-electron chi connectivity index (χ3n) is 7.85. The molecule has 0 bridgehead atoms. The minimum atomic E-state index is -0.285. The lowest BCUT2D eigenvalue weighted by molar-refractivity contribution is -0.125. The van der Waals surface area contributed by atoms with Gasteiger partial charge in [-0.1, -0.05) is 37.3 Å². The molecule has 35 heavy (non-hydrogen) atoms. The second-order valence-corrected chi connectivity index (χ2v) is 10.9. The molecule has 0 saturated carbocycles. The summed E-state index contributed by atoms with van der Waals surface area (Å²) in [4.78, 5) is 11.7. The van der Waals surface area contributed by atoms with Gasteiger partial charge in [-0.25, -0.2) is 9.37 Å². The summed E-state index contributed by atoms with van der Waals surface area (Å²) >= 11 is 0. The number of aromatic nitrogens is 1. The molecule has 3 fully saturated rings. The Hall–Kier alpha value is -2.06. The molecular weight excluding hydrogens is 443 g/mol. The summed E-state index contributed by atoms with van der Waals surface area (Å²) < 4.78 is 27.2. The Kier molecular flexibility index (Phi) is 7.13. The van der Waals surface area contributed by atoms with Crippen molar-refractivity contribution in [2.75, 3.05) is 44.2 Å². The molecule has 5 rings (SSSR count). The first-order chi connectivity index (χ1) is 16.9. The Morgan fingerprint density at radius 3 is 2.51 bits per heavy atom. The quantitative estimate of drug-likeness (QED) is 0.523. The lowest BCUT2D eigenvalue weighted by Gasteiger charge is -2.54. The third-order valence-corrected chi connectivity index (χ3v) is 7.85. The van der Waals surface area contributed by atoms with Gasteiger partial charge in [0.05, 0.1) is 5.60 Å². The number of rotatable bonds is 8.